The van der Waals surface area contributed by atoms with Crippen molar-refractivity contribution in [3.63, 3.8) is 0 Å². The molecule has 0 fully saturated rings. The van der Waals surface area contributed by atoms with Crippen LogP contribution in [0.15, 0.2) is 24.3 Å². The summed E-state index contributed by atoms with van der Waals surface area (Å²) in [6, 6.07) is 5.48. The lowest BCUT2D eigenvalue weighted by molar-refractivity contribution is 0.408. The summed E-state index contributed by atoms with van der Waals surface area (Å²) in [7, 11) is 0. The van der Waals surface area contributed by atoms with Crippen LogP contribution in [0, 0.1) is 0 Å². The van der Waals surface area contributed by atoms with Crippen LogP contribution >= 0.6 is 87.8 Å². The zero-order valence-corrected chi connectivity index (χ0v) is 18.6. The van der Waals surface area contributed by atoms with Gasteiger partial charge in [0.1, 0.15) is 0 Å². The van der Waals surface area contributed by atoms with Crippen LogP contribution in [0.2, 0.25) is 30.1 Å². The Morgan fingerprint density at radius 1 is 0.760 bits per heavy atom. The van der Waals surface area contributed by atoms with Crippen molar-refractivity contribution in [2.45, 2.75) is 6.92 Å². The van der Waals surface area contributed by atoms with Crippen molar-refractivity contribution in [3.8, 4) is 11.5 Å². The van der Waals surface area contributed by atoms with Gasteiger partial charge in [0.25, 0.3) is 0 Å². The van der Waals surface area contributed by atoms with Crippen LogP contribution in [-0.4, -0.2) is 5.75 Å². The summed E-state index contributed by atoms with van der Waals surface area (Å²) in [4.78, 5) is 0. The maximum atomic E-state index is 13.1. The van der Waals surface area contributed by atoms with Gasteiger partial charge in [0.05, 0.1) is 30.1 Å². The number of benzene rings is 2. The number of rotatable bonds is 6. The second-order valence-electron chi connectivity index (χ2n) is 4.44. The van der Waals surface area contributed by atoms with E-state index in [-0.39, 0.29) is 41.6 Å². The molecule has 0 saturated carbocycles. The van der Waals surface area contributed by atoms with E-state index in [0.29, 0.717) is 5.75 Å². The van der Waals surface area contributed by atoms with E-state index in [9.17, 15) is 4.57 Å². The quantitative estimate of drug-likeness (QED) is 0.293. The van der Waals surface area contributed by atoms with Crippen LogP contribution in [0.4, 0.5) is 0 Å². The van der Waals surface area contributed by atoms with Crippen molar-refractivity contribution in [2.24, 2.45) is 0 Å². The first-order valence-corrected chi connectivity index (χ1v) is 12.0. The standard InChI is InChI=1S/C14H9Cl6O3PS/c1-2-25-24(21,22-13-5-9(17)7(15)3-11(13)19)23-14-6-10(18)8(16)4-12(14)20/h3-6H,2H2,1H3. The molecule has 11 heteroatoms. The maximum absolute atomic E-state index is 13.1. The molecular formula is C14H9Cl6O3PS. The van der Waals surface area contributed by atoms with E-state index >= 15 is 0 Å². The summed E-state index contributed by atoms with van der Waals surface area (Å²) < 4.78 is 24.1. The molecule has 0 aliphatic carbocycles. The first-order chi connectivity index (χ1) is 11.6. The second-order valence-corrected chi connectivity index (χ2v) is 11.1. The van der Waals surface area contributed by atoms with Gasteiger partial charge in [0.15, 0.2) is 11.5 Å². The smallest absolute Gasteiger partial charge is 0.407 e. The van der Waals surface area contributed by atoms with E-state index in [1.807, 2.05) is 0 Å². The van der Waals surface area contributed by atoms with Gasteiger partial charge in [-0.15, -0.1) is 0 Å². The minimum atomic E-state index is -3.74. The minimum absolute atomic E-state index is 0.0662. The highest BCUT2D eigenvalue weighted by Crippen LogP contribution is 2.61. The molecule has 0 N–H and O–H groups in total. The summed E-state index contributed by atoms with van der Waals surface area (Å²) in [5.41, 5.74) is 0. The van der Waals surface area contributed by atoms with Crippen molar-refractivity contribution in [3.05, 3.63) is 54.4 Å². The van der Waals surface area contributed by atoms with Crippen molar-refractivity contribution in [2.75, 3.05) is 5.75 Å². The molecule has 0 aliphatic heterocycles. The molecule has 0 aliphatic rings. The summed E-state index contributed by atoms with van der Waals surface area (Å²) >= 11 is 36.8. The predicted octanol–water partition coefficient (Wildman–Crippen LogP) is 8.93. The Balaban J connectivity index is 2.38. The van der Waals surface area contributed by atoms with Crippen LogP contribution in [0.3, 0.4) is 0 Å². The molecule has 0 unspecified atom stereocenters. The van der Waals surface area contributed by atoms with Crippen molar-refractivity contribution < 1.29 is 13.6 Å². The summed E-state index contributed by atoms with van der Waals surface area (Å²) in [5.74, 6) is 0.572. The molecule has 0 radical (unpaired) electrons. The van der Waals surface area contributed by atoms with Gasteiger partial charge in [-0.05, 0) is 23.5 Å². The molecule has 2 aromatic carbocycles. The molecule has 0 atom stereocenters. The molecule has 0 amide bonds. The van der Waals surface area contributed by atoms with E-state index in [1.165, 1.54) is 24.3 Å². The second kappa shape index (κ2) is 9.03. The molecule has 25 heavy (non-hydrogen) atoms. The number of hydrogen-bond acceptors (Lipinski definition) is 4. The van der Waals surface area contributed by atoms with E-state index < -0.39 is 6.80 Å². The van der Waals surface area contributed by atoms with Gasteiger partial charge in [-0.3, -0.25) is 0 Å². The van der Waals surface area contributed by atoms with Crippen LogP contribution < -0.4 is 9.05 Å². The van der Waals surface area contributed by atoms with Crippen molar-refractivity contribution in [1.82, 2.24) is 0 Å². The van der Waals surface area contributed by atoms with E-state index in [2.05, 4.69) is 0 Å². The van der Waals surface area contributed by atoms with Gasteiger partial charge in [0, 0.05) is 17.9 Å². The fourth-order valence-electron chi connectivity index (χ4n) is 1.62. The van der Waals surface area contributed by atoms with Gasteiger partial charge in [-0.1, -0.05) is 76.5 Å². The lowest BCUT2D eigenvalue weighted by Gasteiger charge is -2.20. The van der Waals surface area contributed by atoms with Gasteiger partial charge in [-0.2, -0.15) is 0 Å². The minimum Gasteiger partial charge on any atom is -0.407 e. The average Bonchev–Trinajstić information content (AvgIpc) is 2.50. The first kappa shape index (κ1) is 21.7. The molecular weight excluding hydrogens is 492 g/mol. The molecule has 2 rings (SSSR count). The van der Waals surface area contributed by atoms with E-state index in [0.717, 1.165) is 11.4 Å². The van der Waals surface area contributed by atoms with Gasteiger partial charge in [0.2, 0.25) is 0 Å². The third-order valence-electron chi connectivity index (χ3n) is 2.66. The molecule has 0 heterocycles. The fourth-order valence-corrected chi connectivity index (χ4v) is 5.87. The highest BCUT2D eigenvalue weighted by Gasteiger charge is 2.31. The molecule has 136 valence electrons. The van der Waals surface area contributed by atoms with Crippen LogP contribution in [0.25, 0.3) is 0 Å². The van der Waals surface area contributed by atoms with Gasteiger partial charge < -0.3 is 9.05 Å². The summed E-state index contributed by atoms with van der Waals surface area (Å²) in [6.45, 7) is -1.95. The van der Waals surface area contributed by atoms with Crippen LogP contribution in [0.1, 0.15) is 6.92 Å². The van der Waals surface area contributed by atoms with Crippen LogP contribution in [0.5, 0.6) is 11.5 Å². The number of halogens is 6. The summed E-state index contributed by atoms with van der Waals surface area (Å²) in [6.07, 6.45) is 0. The molecule has 0 spiro atoms. The third-order valence-corrected chi connectivity index (χ3v) is 8.28. The van der Waals surface area contributed by atoms with Crippen LogP contribution in [-0.2, 0) is 4.57 Å². The first-order valence-electron chi connectivity index (χ1n) is 6.58. The molecule has 0 aromatic heterocycles. The molecule has 0 saturated heterocycles. The fraction of sp³-hybridized carbons (Fsp3) is 0.143. The topological polar surface area (TPSA) is 35.5 Å². The maximum Gasteiger partial charge on any atom is 0.492 e. The Labute approximate surface area is 179 Å². The lowest BCUT2D eigenvalue weighted by Crippen LogP contribution is -2.00. The average molecular weight is 501 g/mol. The Kier molecular flexibility index (Phi) is 7.83. The van der Waals surface area contributed by atoms with Gasteiger partial charge in [-0.25, -0.2) is 4.57 Å². The zero-order chi connectivity index (χ0) is 18.8. The largest absolute Gasteiger partial charge is 0.492 e. The predicted molar refractivity (Wildman–Crippen MR) is 110 cm³/mol. The monoisotopic (exact) mass is 498 g/mol. The third kappa shape index (κ3) is 5.67. The summed E-state index contributed by atoms with van der Waals surface area (Å²) in [5, 5.41) is 1.14. The highest BCUT2D eigenvalue weighted by molar-refractivity contribution is 8.55. The van der Waals surface area contributed by atoms with E-state index in [4.69, 9.17) is 78.7 Å². The number of hydrogen-bond donors (Lipinski definition) is 0. The van der Waals surface area contributed by atoms with Gasteiger partial charge >= 0.3 is 6.80 Å². The molecule has 0 bridgehead atoms. The molecule has 3 nitrogen and oxygen atoms in total. The van der Waals surface area contributed by atoms with Crippen molar-refractivity contribution in [1.29, 1.82) is 0 Å². The van der Waals surface area contributed by atoms with Crippen molar-refractivity contribution >= 4 is 87.8 Å². The highest BCUT2D eigenvalue weighted by atomic mass is 35.5. The normalized spacial score (nSPS) is 11.5. The Hall–Kier alpha value is 0.360. The Bertz CT molecular complexity index is 784. The van der Waals surface area contributed by atoms with E-state index in [1.54, 1.807) is 6.92 Å². The Morgan fingerprint density at radius 2 is 1.12 bits per heavy atom. The zero-order valence-electron chi connectivity index (χ0n) is 12.4. The molecule has 2 aromatic rings. The Morgan fingerprint density at radius 3 is 1.48 bits per heavy atom. The SMILES string of the molecule is CCSP(=O)(Oc1cc(Cl)c(Cl)cc1Cl)Oc1cc(Cl)c(Cl)cc1Cl. The lowest BCUT2D eigenvalue weighted by atomic mass is 10.3.